The maximum absolute atomic E-state index is 9.37. The van der Waals surface area contributed by atoms with Crippen molar-refractivity contribution in [2.24, 2.45) is 11.5 Å². The van der Waals surface area contributed by atoms with Crippen LogP contribution in [0.25, 0.3) is 0 Å². The van der Waals surface area contributed by atoms with Crippen molar-refractivity contribution in [3.63, 3.8) is 0 Å². The van der Waals surface area contributed by atoms with Gasteiger partial charge in [-0.3, -0.25) is 14.6 Å². The number of aliphatic carboxylic acids is 2. The molecule has 0 aliphatic rings. The fourth-order valence-corrected chi connectivity index (χ4v) is 0.313. The molecule has 0 spiro atoms. The molecule has 0 radical (unpaired) electrons. The van der Waals surface area contributed by atoms with Crippen LogP contribution in [-0.2, 0) is 9.59 Å². The summed E-state index contributed by atoms with van der Waals surface area (Å²) in [6, 6.07) is 5.72. The van der Waals surface area contributed by atoms with Gasteiger partial charge in [0, 0.05) is 25.2 Å². The van der Waals surface area contributed by atoms with Crippen LogP contribution in [0.3, 0.4) is 0 Å². The van der Waals surface area contributed by atoms with Crippen molar-refractivity contribution in [1.82, 2.24) is 4.98 Å². The highest BCUT2D eigenvalue weighted by Crippen LogP contribution is 1.73. The molecule has 0 aromatic carbocycles. The summed E-state index contributed by atoms with van der Waals surface area (Å²) in [5.41, 5.74) is 10.1. The van der Waals surface area contributed by atoms with Crippen LogP contribution < -0.4 is 11.5 Å². The van der Waals surface area contributed by atoms with E-state index in [2.05, 4.69) is 4.98 Å². The third-order valence-corrected chi connectivity index (χ3v) is 1.64. The Bertz CT molecular complexity index is 292. The molecule has 21 heavy (non-hydrogen) atoms. The lowest BCUT2D eigenvalue weighted by atomic mass is 10.4. The first kappa shape index (κ1) is 24.1. The van der Waals surface area contributed by atoms with Gasteiger partial charge < -0.3 is 21.7 Å². The van der Waals surface area contributed by atoms with Crippen molar-refractivity contribution in [1.29, 1.82) is 0 Å². The molecule has 0 aliphatic heterocycles. The first-order valence-corrected chi connectivity index (χ1v) is 6.61. The molecule has 0 atom stereocenters. The highest BCUT2D eigenvalue weighted by atomic mass is 16.4. The number of pyridine rings is 1. The molecule has 0 bridgehead atoms. The summed E-state index contributed by atoms with van der Waals surface area (Å²) in [6.07, 6.45) is 4.69. The lowest BCUT2D eigenvalue weighted by Gasteiger charge is -1.92. The molecule has 0 aliphatic carbocycles. The number of carboxylic acids is 2. The summed E-state index contributed by atoms with van der Waals surface area (Å²) >= 11 is 0. The van der Waals surface area contributed by atoms with Crippen LogP contribution in [-0.4, -0.2) is 33.3 Å². The van der Waals surface area contributed by atoms with Gasteiger partial charge in [-0.1, -0.05) is 26.8 Å². The Labute approximate surface area is 126 Å². The minimum atomic E-state index is -0.745. The Morgan fingerprint density at radius 3 is 1.29 bits per heavy atom. The number of carbonyl (C=O) groups is 2. The largest absolute Gasteiger partial charge is 0.481 e. The number of hydrogen-bond donors (Lipinski definition) is 4. The van der Waals surface area contributed by atoms with Crippen LogP contribution in [0.1, 0.15) is 40.0 Å². The van der Waals surface area contributed by atoms with Crippen molar-refractivity contribution < 1.29 is 19.8 Å². The molecular weight excluding hydrogens is 274 g/mol. The standard InChI is InChI=1S/C5H5N.C3H10N2.2C3H6O2/c1-2-4-6-5-3-1;3*1-2-3(4)5/h1-5H;3H,2,4-5H2,1H3;2*2H2,1H3,(H,4,5). The van der Waals surface area contributed by atoms with Crippen LogP contribution in [0, 0.1) is 0 Å². The number of hydrogen-bond acceptors (Lipinski definition) is 5. The van der Waals surface area contributed by atoms with Crippen LogP contribution in [0.4, 0.5) is 0 Å². The minimum absolute atomic E-state index is 0.116. The maximum atomic E-state index is 9.37. The molecule has 6 N–H and O–H groups in total. The molecule has 0 amide bonds. The Morgan fingerprint density at radius 1 is 0.952 bits per heavy atom. The van der Waals surface area contributed by atoms with E-state index >= 15 is 0 Å². The molecule has 7 heteroatoms. The number of nitrogens with two attached hydrogens (primary N) is 2. The van der Waals surface area contributed by atoms with Gasteiger partial charge in [0.25, 0.3) is 0 Å². The fourth-order valence-electron chi connectivity index (χ4n) is 0.313. The first-order chi connectivity index (χ1) is 9.81. The van der Waals surface area contributed by atoms with E-state index in [1.165, 1.54) is 0 Å². The van der Waals surface area contributed by atoms with E-state index in [1.54, 1.807) is 26.2 Å². The van der Waals surface area contributed by atoms with Crippen LogP contribution >= 0.6 is 0 Å². The molecule has 0 unspecified atom stereocenters. The van der Waals surface area contributed by atoms with Gasteiger partial charge in [-0.05, 0) is 18.6 Å². The van der Waals surface area contributed by atoms with Gasteiger partial charge in [0.05, 0.1) is 6.17 Å². The smallest absolute Gasteiger partial charge is 0.303 e. The number of aromatic nitrogens is 1. The summed E-state index contributed by atoms with van der Waals surface area (Å²) in [5, 5.41) is 15.4. The van der Waals surface area contributed by atoms with E-state index in [0.717, 1.165) is 6.42 Å². The molecule has 122 valence electrons. The normalized spacial score (nSPS) is 8.10. The molecule has 0 saturated carbocycles. The summed E-state index contributed by atoms with van der Waals surface area (Å²) < 4.78 is 0. The van der Waals surface area contributed by atoms with Crippen LogP contribution in [0.2, 0.25) is 0 Å². The minimum Gasteiger partial charge on any atom is -0.481 e. The second-order valence-electron chi connectivity index (χ2n) is 3.59. The zero-order valence-corrected chi connectivity index (χ0v) is 12.9. The Balaban J connectivity index is -0.000000207. The molecule has 1 aromatic heterocycles. The Morgan fingerprint density at radius 2 is 1.24 bits per heavy atom. The SMILES string of the molecule is CCC(=O)O.CCC(=O)O.CCC(N)N.c1ccncc1. The number of nitrogens with zero attached hydrogens (tertiary/aromatic N) is 1. The highest BCUT2D eigenvalue weighted by Gasteiger charge is 1.81. The second kappa shape index (κ2) is 20.3. The van der Waals surface area contributed by atoms with Crippen molar-refractivity contribution in [2.75, 3.05) is 0 Å². The van der Waals surface area contributed by atoms with Crippen LogP contribution in [0.5, 0.6) is 0 Å². The molecular formula is C14H27N3O4. The van der Waals surface area contributed by atoms with E-state index in [1.807, 2.05) is 25.1 Å². The Hall–Kier alpha value is -1.99. The third kappa shape index (κ3) is 46.1. The summed E-state index contributed by atoms with van der Waals surface area (Å²) in [5.74, 6) is -1.49. The van der Waals surface area contributed by atoms with Crippen molar-refractivity contribution in [3.05, 3.63) is 30.6 Å². The lowest BCUT2D eigenvalue weighted by molar-refractivity contribution is -0.137. The molecule has 1 aromatic rings. The van der Waals surface area contributed by atoms with Gasteiger partial charge in [0.15, 0.2) is 0 Å². The lowest BCUT2D eigenvalue weighted by Crippen LogP contribution is -2.28. The molecule has 1 rings (SSSR count). The molecule has 0 fully saturated rings. The van der Waals surface area contributed by atoms with Gasteiger partial charge in [-0.2, -0.15) is 0 Å². The van der Waals surface area contributed by atoms with Crippen molar-refractivity contribution in [2.45, 2.75) is 46.2 Å². The number of rotatable bonds is 3. The first-order valence-electron chi connectivity index (χ1n) is 6.61. The van der Waals surface area contributed by atoms with Crippen molar-refractivity contribution >= 4 is 11.9 Å². The van der Waals surface area contributed by atoms with Gasteiger partial charge >= 0.3 is 11.9 Å². The zero-order valence-electron chi connectivity index (χ0n) is 12.9. The summed E-state index contributed by atoms with van der Waals surface area (Å²) in [6.45, 7) is 5.15. The quantitative estimate of drug-likeness (QED) is 0.623. The van der Waals surface area contributed by atoms with Crippen molar-refractivity contribution in [3.8, 4) is 0 Å². The van der Waals surface area contributed by atoms with E-state index in [0.29, 0.717) is 0 Å². The average molecular weight is 301 g/mol. The van der Waals surface area contributed by atoms with Gasteiger partial charge in [0.2, 0.25) is 0 Å². The third-order valence-electron chi connectivity index (χ3n) is 1.64. The van der Waals surface area contributed by atoms with Gasteiger partial charge in [-0.15, -0.1) is 0 Å². The number of carboxylic acid groups (broad SMARTS) is 2. The molecule has 1 heterocycles. The summed E-state index contributed by atoms with van der Waals surface area (Å²) in [7, 11) is 0. The maximum Gasteiger partial charge on any atom is 0.303 e. The second-order valence-corrected chi connectivity index (χ2v) is 3.59. The molecule has 7 nitrogen and oxygen atoms in total. The van der Waals surface area contributed by atoms with E-state index in [-0.39, 0.29) is 19.0 Å². The molecule has 0 saturated heterocycles. The van der Waals surface area contributed by atoms with Gasteiger partial charge in [-0.25, -0.2) is 0 Å². The zero-order chi connectivity index (χ0) is 17.1. The van der Waals surface area contributed by atoms with E-state index < -0.39 is 11.9 Å². The van der Waals surface area contributed by atoms with E-state index in [9.17, 15) is 9.59 Å². The predicted molar refractivity (Wildman–Crippen MR) is 82.5 cm³/mol. The monoisotopic (exact) mass is 301 g/mol. The summed E-state index contributed by atoms with van der Waals surface area (Å²) in [4.78, 5) is 22.5. The van der Waals surface area contributed by atoms with Gasteiger partial charge in [0.1, 0.15) is 0 Å². The average Bonchev–Trinajstić information content (AvgIpc) is 2.50. The topological polar surface area (TPSA) is 140 Å². The Kier molecular flexibility index (Phi) is 23.3. The highest BCUT2D eigenvalue weighted by molar-refractivity contribution is 5.66. The fraction of sp³-hybridized carbons (Fsp3) is 0.500. The predicted octanol–water partition coefficient (Wildman–Crippen LogP) is 1.68. The van der Waals surface area contributed by atoms with Crippen LogP contribution in [0.15, 0.2) is 30.6 Å². The van der Waals surface area contributed by atoms with E-state index in [4.69, 9.17) is 21.7 Å².